The molecule has 18 heavy (non-hydrogen) atoms. The SMILES string of the molecule is COCC(C)N=C(NN)Nc1c(C)cccc1C. The number of nitrogens with zero attached hydrogens (tertiary/aromatic N) is 1. The second-order valence-electron chi connectivity index (χ2n) is 4.32. The highest BCUT2D eigenvalue weighted by Gasteiger charge is 2.06. The highest BCUT2D eigenvalue weighted by Crippen LogP contribution is 2.19. The maximum absolute atomic E-state index is 5.48. The van der Waals surface area contributed by atoms with Gasteiger partial charge in [-0.1, -0.05) is 18.2 Å². The van der Waals surface area contributed by atoms with Gasteiger partial charge in [-0.2, -0.15) is 0 Å². The van der Waals surface area contributed by atoms with Crippen molar-refractivity contribution < 1.29 is 4.74 Å². The summed E-state index contributed by atoms with van der Waals surface area (Å²) >= 11 is 0. The number of nitrogens with two attached hydrogens (primary N) is 1. The molecule has 0 spiro atoms. The van der Waals surface area contributed by atoms with Crippen LogP contribution in [0, 0.1) is 13.8 Å². The fraction of sp³-hybridized carbons (Fsp3) is 0.462. The molecule has 1 rings (SSSR count). The quantitative estimate of drug-likeness (QED) is 0.328. The Hall–Kier alpha value is -1.59. The van der Waals surface area contributed by atoms with Crippen LogP contribution in [0.4, 0.5) is 5.69 Å². The average Bonchev–Trinajstić information content (AvgIpc) is 2.33. The van der Waals surface area contributed by atoms with E-state index in [4.69, 9.17) is 10.6 Å². The molecule has 0 aromatic heterocycles. The maximum Gasteiger partial charge on any atom is 0.210 e. The van der Waals surface area contributed by atoms with Crippen LogP contribution >= 0.6 is 0 Å². The third kappa shape index (κ3) is 4.01. The van der Waals surface area contributed by atoms with Gasteiger partial charge in [-0.15, -0.1) is 0 Å². The number of nitrogens with one attached hydrogen (secondary N) is 2. The molecule has 0 fully saturated rings. The van der Waals surface area contributed by atoms with Crippen molar-refractivity contribution in [2.45, 2.75) is 26.8 Å². The number of anilines is 1. The third-order valence-corrected chi connectivity index (χ3v) is 2.62. The van der Waals surface area contributed by atoms with E-state index in [0.717, 1.165) is 16.8 Å². The first-order valence-electron chi connectivity index (χ1n) is 5.95. The lowest BCUT2D eigenvalue weighted by atomic mass is 10.1. The Morgan fingerprint density at radius 2 is 2.00 bits per heavy atom. The predicted octanol–water partition coefficient (Wildman–Crippen LogP) is 1.57. The zero-order valence-corrected chi connectivity index (χ0v) is 11.4. The van der Waals surface area contributed by atoms with E-state index in [0.29, 0.717) is 12.6 Å². The van der Waals surface area contributed by atoms with Gasteiger partial charge in [0.05, 0.1) is 12.6 Å². The van der Waals surface area contributed by atoms with Gasteiger partial charge in [-0.3, -0.25) is 5.43 Å². The summed E-state index contributed by atoms with van der Waals surface area (Å²) in [6.45, 7) is 6.61. The van der Waals surface area contributed by atoms with Crippen LogP contribution in [0.5, 0.6) is 0 Å². The number of hydrogen-bond acceptors (Lipinski definition) is 3. The number of benzene rings is 1. The summed E-state index contributed by atoms with van der Waals surface area (Å²) in [6.07, 6.45) is 0. The average molecular weight is 250 g/mol. The van der Waals surface area contributed by atoms with Crippen LogP contribution in [0.15, 0.2) is 23.2 Å². The monoisotopic (exact) mass is 250 g/mol. The van der Waals surface area contributed by atoms with E-state index < -0.39 is 0 Å². The standard InChI is InChI=1S/C13H22N4O/c1-9-6-5-7-10(2)12(9)16-13(17-14)15-11(3)8-18-4/h5-7,11H,8,14H2,1-4H3,(H2,15,16,17). The molecule has 5 nitrogen and oxygen atoms in total. The molecule has 0 saturated carbocycles. The topological polar surface area (TPSA) is 71.7 Å². The van der Waals surface area contributed by atoms with Gasteiger partial charge in [0.2, 0.25) is 5.96 Å². The smallest absolute Gasteiger partial charge is 0.210 e. The first-order valence-corrected chi connectivity index (χ1v) is 5.95. The zero-order chi connectivity index (χ0) is 13.5. The van der Waals surface area contributed by atoms with E-state index in [9.17, 15) is 0 Å². The van der Waals surface area contributed by atoms with Crippen molar-refractivity contribution in [2.75, 3.05) is 19.0 Å². The molecule has 0 aliphatic heterocycles. The minimum Gasteiger partial charge on any atom is -0.382 e. The minimum absolute atomic E-state index is 0.0397. The molecule has 0 amide bonds. The first-order chi connectivity index (χ1) is 8.58. The molecule has 1 aromatic rings. The first kappa shape index (κ1) is 14.5. The van der Waals surface area contributed by atoms with Crippen LogP contribution in [-0.2, 0) is 4.74 Å². The van der Waals surface area contributed by atoms with Crippen molar-refractivity contribution in [3.05, 3.63) is 29.3 Å². The minimum atomic E-state index is 0.0397. The van der Waals surface area contributed by atoms with Crippen LogP contribution in [-0.4, -0.2) is 25.7 Å². The molecule has 1 aromatic carbocycles. The number of rotatable bonds is 4. The fourth-order valence-corrected chi connectivity index (χ4v) is 1.73. The van der Waals surface area contributed by atoms with E-state index in [1.807, 2.05) is 39.0 Å². The molecular weight excluding hydrogens is 228 g/mol. The summed E-state index contributed by atoms with van der Waals surface area (Å²) in [6, 6.07) is 6.15. The summed E-state index contributed by atoms with van der Waals surface area (Å²) in [7, 11) is 1.65. The molecule has 0 heterocycles. The Kier molecular flexibility index (Phi) is 5.61. The van der Waals surface area contributed by atoms with Gasteiger partial charge < -0.3 is 10.1 Å². The molecular formula is C13H22N4O. The van der Waals surface area contributed by atoms with E-state index >= 15 is 0 Å². The summed E-state index contributed by atoms with van der Waals surface area (Å²) in [5, 5.41) is 3.21. The Morgan fingerprint density at radius 1 is 1.39 bits per heavy atom. The number of guanidine groups is 1. The fourth-order valence-electron chi connectivity index (χ4n) is 1.73. The lowest BCUT2D eigenvalue weighted by Crippen LogP contribution is -2.37. The Balaban J connectivity index is 2.86. The van der Waals surface area contributed by atoms with E-state index in [1.165, 1.54) is 0 Å². The highest BCUT2D eigenvalue weighted by molar-refractivity contribution is 5.94. The highest BCUT2D eigenvalue weighted by atomic mass is 16.5. The zero-order valence-electron chi connectivity index (χ0n) is 11.4. The van der Waals surface area contributed by atoms with Crippen LogP contribution in [0.2, 0.25) is 0 Å². The van der Waals surface area contributed by atoms with Gasteiger partial charge in [-0.25, -0.2) is 10.8 Å². The van der Waals surface area contributed by atoms with Gasteiger partial charge >= 0.3 is 0 Å². The molecule has 100 valence electrons. The van der Waals surface area contributed by atoms with Gasteiger partial charge in [0, 0.05) is 12.8 Å². The normalized spacial score (nSPS) is 13.3. The summed E-state index contributed by atoms with van der Waals surface area (Å²) in [5.41, 5.74) is 5.90. The van der Waals surface area contributed by atoms with Crippen LogP contribution in [0.25, 0.3) is 0 Å². The van der Waals surface area contributed by atoms with Crippen molar-refractivity contribution in [3.8, 4) is 0 Å². The van der Waals surface area contributed by atoms with Crippen molar-refractivity contribution in [1.82, 2.24) is 5.43 Å². The Bertz CT molecular complexity index is 397. The summed E-state index contributed by atoms with van der Waals surface area (Å²) in [4.78, 5) is 4.41. The Morgan fingerprint density at radius 3 is 2.50 bits per heavy atom. The van der Waals surface area contributed by atoms with Crippen LogP contribution in [0.3, 0.4) is 0 Å². The van der Waals surface area contributed by atoms with Gasteiger partial charge in [-0.05, 0) is 31.9 Å². The lowest BCUT2D eigenvalue weighted by molar-refractivity contribution is 0.185. The van der Waals surface area contributed by atoms with E-state index in [2.05, 4.69) is 15.7 Å². The van der Waals surface area contributed by atoms with E-state index in [-0.39, 0.29) is 6.04 Å². The Labute approximate surface area is 108 Å². The largest absolute Gasteiger partial charge is 0.382 e. The molecule has 4 N–H and O–H groups in total. The summed E-state index contributed by atoms with van der Waals surface area (Å²) in [5.74, 6) is 6.02. The second-order valence-corrected chi connectivity index (χ2v) is 4.32. The van der Waals surface area contributed by atoms with Crippen molar-refractivity contribution in [2.24, 2.45) is 10.8 Å². The number of aryl methyl sites for hydroxylation is 2. The van der Waals surface area contributed by atoms with Crippen molar-refractivity contribution >= 4 is 11.6 Å². The second kappa shape index (κ2) is 6.98. The molecule has 0 saturated heterocycles. The van der Waals surface area contributed by atoms with Crippen LogP contribution in [0.1, 0.15) is 18.1 Å². The number of methoxy groups -OCH3 is 1. The van der Waals surface area contributed by atoms with Crippen LogP contribution < -0.4 is 16.6 Å². The molecule has 1 atom stereocenters. The number of hydrogen-bond donors (Lipinski definition) is 3. The summed E-state index contributed by atoms with van der Waals surface area (Å²) < 4.78 is 5.04. The molecule has 0 aliphatic rings. The number of hydrazine groups is 1. The number of ether oxygens (including phenoxy) is 1. The van der Waals surface area contributed by atoms with Crippen molar-refractivity contribution in [3.63, 3.8) is 0 Å². The maximum atomic E-state index is 5.48. The van der Waals surface area contributed by atoms with Gasteiger partial charge in [0.25, 0.3) is 0 Å². The molecule has 0 radical (unpaired) electrons. The number of para-hydroxylation sites is 1. The van der Waals surface area contributed by atoms with Gasteiger partial charge in [0.15, 0.2) is 0 Å². The van der Waals surface area contributed by atoms with Crippen molar-refractivity contribution in [1.29, 1.82) is 0 Å². The molecule has 1 unspecified atom stereocenters. The lowest BCUT2D eigenvalue weighted by Gasteiger charge is -2.15. The third-order valence-electron chi connectivity index (χ3n) is 2.62. The molecule has 0 bridgehead atoms. The van der Waals surface area contributed by atoms with E-state index in [1.54, 1.807) is 7.11 Å². The molecule has 0 aliphatic carbocycles. The van der Waals surface area contributed by atoms with Gasteiger partial charge in [0.1, 0.15) is 0 Å². The molecule has 5 heteroatoms. The number of aliphatic imine (C=N–C) groups is 1. The predicted molar refractivity (Wildman–Crippen MR) is 75.6 cm³/mol.